The highest BCUT2D eigenvalue weighted by Gasteiger charge is 2.24. The minimum absolute atomic E-state index is 0.000000971. The molecule has 1 aliphatic rings. The van der Waals surface area contributed by atoms with E-state index in [0.717, 1.165) is 6.42 Å². The van der Waals surface area contributed by atoms with Gasteiger partial charge in [0.15, 0.2) is 0 Å². The quantitative estimate of drug-likeness (QED) is 0.620. The molecule has 112 valence electrons. The number of nitrogens with zero attached hydrogens (tertiary/aromatic N) is 1. The normalized spacial score (nSPS) is 20.2. The van der Waals surface area contributed by atoms with Crippen molar-refractivity contribution in [3.63, 3.8) is 0 Å². The van der Waals surface area contributed by atoms with Crippen molar-refractivity contribution in [1.29, 1.82) is 0 Å². The van der Waals surface area contributed by atoms with Gasteiger partial charge in [0.2, 0.25) is 15.9 Å². The van der Waals surface area contributed by atoms with Crippen LogP contribution in [0.25, 0.3) is 0 Å². The number of likely N-dealkylation sites (tertiary alicyclic amines) is 1. The number of rotatable bonds is 7. The lowest BCUT2D eigenvalue weighted by Gasteiger charge is -2.16. The Labute approximate surface area is 114 Å². The summed E-state index contributed by atoms with van der Waals surface area (Å²) in [7, 11) is -3.47. The minimum Gasteiger partial charge on any atom is -0.378 e. The standard InChI is InChI=1S/C11H23N3O4S/c1-9(2)18-5-6-19(16,17)13-7-11(15)14-4-3-10(12)8-14/h9-10,13H,3-8,12H2,1-2H3/t10-/m1/s1. The Morgan fingerprint density at radius 2 is 2.21 bits per heavy atom. The molecule has 1 heterocycles. The average molecular weight is 293 g/mol. The zero-order valence-electron chi connectivity index (χ0n) is 11.5. The molecule has 0 spiro atoms. The molecule has 0 radical (unpaired) electrons. The molecule has 0 unspecified atom stereocenters. The van der Waals surface area contributed by atoms with E-state index < -0.39 is 10.0 Å². The maximum Gasteiger partial charge on any atom is 0.237 e. The number of hydrogen-bond donors (Lipinski definition) is 2. The molecule has 8 heteroatoms. The summed E-state index contributed by atoms with van der Waals surface area (Å²) in [5.41, 5.74) is 5.69. The average Bonchev–Trinajstić information content (AvgIpc) is 2.72. The predicted molar refractivity (Wildman–Crippen MR) is 72.0 cm³/mol. The van der Waals surface area contributed by atoms with E-state index >= 15 is 0 Å². The van der Waals surface area contributed by atoms with Crippen LogP contribution < -0.4 is 10.5 Å². The van der Waals surface area contributed by atoms with E-state index in [1.807, 2.05) is 13.8 Å². The first kappa shape index (κ1) is 16.4. The maximum atomic E-state index is 11.7. The van der Waals surface area contributed by atoms with Gasteiger partial charge in [-0.2, -0.15) is 0 Å². The number of carbonyl (C=O) groups is 1. The molecule has 1 aliphatic heterocycles. The van der Waals surface area contributed by atoms with E-state index in [0.29, 0.717) is 13.1 Å². The van der Waals surface area contributed by atoms with Gasteiger partial charge in [0, 0.05) is 19.1 Å². The van der Waals surface area contributed by atoms with E-state index in [1.54, 1.807) is 4.90 Å². The van der Waals surface area contributed by atoms with E-state index in [-0.39, 0.29) is 37.0 Å². The number of amides is 1. The molecule has 1 rings (SSSR count). The molecule has 0 aromatic carbocycles. The number of sulfonamides is 1. The molecule has 1 fully saturated rings. The fourth-order valence-electron chi connectivity index (χ4n) is 1.76. The Bertz CT molecular complexity index is 397. The first-order chi connectivity index (χ1) is 8.80. The van der Waals surface area contributed by atoms with Crippen molar-refractivity contribution in [2.24, 2.45) is 5.73 Å². The molecular weight excluding hydrogens is 270 g/mol. The summed E-state index contributed by atoms with van der Waals surface area (Å²) in [6, 6.07) is -0.000000971. The van der Waals surface area contributed by atoms with Crippen LogP contribution in [0.5, 0.6) is 0 Å². The van der Waals surface area contributed by atoms with Gasteiger partial charge in [-0.3, -0.25) is 4.79 Å². The number of nitrogens with one attached hydrogen (secondary N) is 1. The molecular formula is C11H23N3O4S. The fourth-order valence-corrected chi connectivity index (χ4v) is 2.57. The Kier molecular flexibility index (Phi) is 6.18. The van der Waals surface area contributed by atoms with Crippen LogP contribution in [0.3, 0.4) is 0 Å². The molecule has 7 nitrogen and oxygen atoms in total. The molecule has 1 atom stereocenters. The molecule has 0 aliphatic carbocycles. The maximum absolute atomic E-state index is 11.7. The van der Waals surface area contributed by atoms with Gasteiger partial charge in [-0.1, -0.05) is 0 Å². The largest absolute Gasteiger partial charge is 0.378 e. The Balaban J connectivity index is 2.28. The zero-order valence-corrected chi connectivity index (χ0v) is 12.3. The first-order valence-electron chi connectivity index (χ1n) is 6.42. The Morgan fingerprint density at radius 3 is 2.74 bits per heavy atom. The summed E-state index contributed by atoms with van der Waals surface area (Å²) < 4.78 is 30.7. The Morgan fingerprint density at radius 1 is 1.53 bits per heavy atom. The lowest BCUT2D eigenvalue weighted by molar-refractivity contribution is -0.128. The topological polar surface area (TPSA) is 102 Å². The summed E-state index contributed by atoms with van der Waals surface area (Å²) in [4.78, 5) is 13.3. The summed E-state index contributed by atoms with van der Waals surface area (Å²) in [5.74, 6) is -0.376. The SMILES string of the molecule is CC(C)OCCS(=O)(=O)NCC(=O)N1CC[C@@H](N)C1. The lowest BCUT2D eigenvalue weighted by atomic mass is 10.3. The fraction of sp³-hybridized carbons (Fsp3) is 0.909. The molecule has 1 amide bonds. The van der Waals surface area contributed by atoms with Crippen molar-refractivity contribution < 1.29 is 17.9 Å². The summed E-state index contributed by atoms with van der Waals surface area (Å²) in [6.07, 6.45) is 0.753. The van der Waals surface area contributed by atoms with Crippen LogP contribution in [-0.4, -0.2) is 63.4 Å². The molecule has 0 aromatic heterocycles. The zero-order chi connectivity index (χ0) is 14.5. The molecule has 1 saturated heterocycles. The van der Waals surface area contributed by atoms with Gasteiger partial charge in [0.25, 0.3) is 0 Å². The molecule has 0 bridgehead atoms. The number of carbonyl (C=O) groups excluding carboxylic acids is 1. The van der Waals surface area contributed by atoms with E-state index in [9.17, 15) is 13.2 Å². The van der Waals surface area contributed by atoms with Crippen LogP contribution in [0.1, 0.15) is 20.3 Å². The van der Waals surface area contributed by atoms with Crippen LogP contribution in [0, 0.1) is 0 Å². The number of nitrogens with two attached hydrogens (primary N) is 1. The van der Waals surface area contributed by atoms with Gasteiger partial charge in [-0.05, 0) is 20.3 Å². The smallest absolute Gasteiger partial charge is 0.237 e. The number of hydrogen-bond acceptors (Lipinski definition) is 5. The van der Waals surface area contributed by atoms with Crippen molar-refractivity contribution in [2.45, 2.75) is 32.4 Å². The lowest BCUT2D eigenvalue weighted by Crippen LogP contribution is -2.41. The third-order valence-electron chi connectivity index (χ3n) is 2.82. The molecule has 0 saturated carbocycles. The summed E-state index contributed by atoms with van der Waals surface area (Å²) in [5, 5.41) is 0. The van der Waals surface area contributed by atoms with Gasteiger partial charge in [0.05, 0.1) is 25.0 Å². The third kappa shape index (κ3) is 6.33. The van der Waals surface area contributed by atoms with Crippen molar-refractivity contribution in [1.82, 2.24) is 9.62 Å². The van der Waals surface area contributed by atoms with Crippen molar-refractivity contribution in [3.8, 4) is 0 Å². The van der Waals surface area contributed by atoms with Crippen LogP contribution in [0.15, 0.2) is 0 Å². The highest BCUT2D eigenvalue weighted by molar-refractivity contribution is 7.89. The highest BCUT2D eigenvalue weighted by atomic mass is 32.2. The van der Waals surface area contributed by atoms with Gasteiger partial charge >= 0.3 is 0 Å². The molecule has 3 N–H and O–H groups in total. The van der Waals surface area contributed by atoms with Crippen LogP contribution in [-0.2, 0) is 19.6 Å². The van der Waals surface area contributed by atoms with Gasteiger partial charge in [0.1, 0.15) is 0 Å². The van der Waals surface area contributed by atoms with E-state index in [1.165, 1.54) is 0 Å². The van der Waals surface area contributed by atoms with Gasteiger partial charge in [-0.15, -0.1) is 0 Å². The van der Waals surface area contributed by atoms with Gasteiger partial charge < -0.3 is 15.4 Å². The second-order valence-corrected chi connectivity index (χ2v) is 6.87. The molecule has 19 heavy (non-hydrogen) atoms. The monoisotopic (exact) mass is 293 g/mol. The van der Waals surface area contributed by atoms with Crippen LogP contribution in [0.2, 0.25) is 0 Å². The first-order valence-corrected chi connectivity index (χ1v) is 8.07. The van der Waals surface area contributed by atoms with E-state index in [2.05, 4.69) is 4.72 Å². The Hall–Kier alpha value is -0.700. The van der Waals surface area contributed by atoms with E-state index in [4.69, 9.17) is 10.5 Å². The second-order valence-electron chi connectivity index (χ2n) is 4.95. The third-order valence-corrected chi connectivity index (χ3v) is 4.11. The number of ether oxygens (including phenoxy) is 1. The summed E-state index contributed by atoms with van der Waals surface area (Å²) in [6.45, 7) is 4.67. The second kappa shape index (κ2) is 7.18. The summed E-state index contributed by atoms with van der Waals surface area (Å²) >= 11 is 0. The van der Waals surface area contributed by atoms with Crippen molar-refractivity contribution in [3.05, 3.63) is 0 Å². The minimum atomic E-state index is -3.47. The molecule has 0 aromatic rings. The van der Waals surface area contributed by atoms with Crippen LogP contribution >= 0.6 is 0 Å². The van der Waals surface area contributed by atoms with Crippen LogP contribution in [0.4, 0.5) is 0 Å². The van der Waals surface area contributed by atoms with Crippen molar-refractivity contribution in [2.75, 3.05) is 32.0 Å². The van der Waals surface area contributed by atoms with Gasteiger partial charge in [-0.25, -0.2) is 13.1 Å². The highest BCUT2D eigenvalue weighted by Crippen LogP contribution is 2.06. The predicted octanol–water partition coefficient (Wildman–Crippen LogP) is -1.11. The van der Waals surface area contributed by atoms with Crippen molar-refractivity contribution >= 4 is 15.9 Å².